The van der Waals surface area contributed by atoms with Gasteiger partial charge in [-0.15, -0.1) is 0 Å². The Morgan fingerprint density at radius 3 is 2.84 bits per heavy atom. The van der Waals surface area contributed by atoms with Crippen molar-refractivity contribution in [2.75, 3.05) is 5.32 Å². The zero-order valence-electron chi connectivity index (χ0n) is 10.7. The van der Waals surface area contributed by atoms with Crippen LogP contribution < -0.4 is 5.32 Å². The van der Waals surface area contributed by atoms with Crippen LogP contribution in [0.2, 0.25) is 0 Å². The molecule has 2 aromatic rings. The highest BCUT2D eigenvalue weighted by atomic mass is 19.1. The highest BCUT2D eigenvalue weighted by Crippen LogP contribution is 2.11. The van der Waals surface area contributed by atoms with Crippen molar-refractivity contribution < 1.29 is 9.18 Å². The van der Waals surface area contributed by atoms with Crippen molar-refractivity contribution in [3.63, 3.8) is 0 Å². The molecule has 1 N–H and O–H groups in total. The van der Waals surface area contributed by atoms with Crippen LogP contribution in [-0.2, 0) is 11.2 Å². The number of aromatic nitrogens is 1. The summed E-state index contributed by atoms with van der Waals surface area (Å²) in [5.41, 5.74) is 2.20. The Hall–Kier alpha value is -2.23. The summed E-state index contributed by atoms with van der Waals surface area (Å²) in [7, 11) is 0. The van der Waals surface area contributed by atoms with Crippen LogP contribution in [0.25, 0.3) is 0 Å². The molecule has 1 amide bonds. The van der Waals surface area contributed by atoms with Gasteiger partial charge in [0.25, 0.3) is 0 Å². The molecule has 0 spiro atoms. The summed E-state index contributed by atoms with van der Waals surface area (Å²) >= 11 is 0. The number of halogens is 1. The number of carbonyl (C=O) groups excluding carboxylic acids is 1. The predicted octanol–water partition coefficient (Wildman–Crippen LogP) is 3.10. The minimum atomic E-state index is -0.271. The van der Waals surface area contributed by atoms with E-state index in [4.69, 9.17) is 0 Å². The van der Waals surface area contributed by atoms with Gasteiger partial charge in [0, 0.05) is 12.6 Å². The molecule has 1 heterocycles. The Balaban J connectivity index is 1.90. The number of carbonyl (C=O) groups is 1. The second-order valence-electron chi connectivity index (χ2n) is 4.39. The summed E-state index contributed by atoms with van der Waals surface area (Å²) in [5, 5.41) is 2.75. The Labute approximate surface area is 111 Å². The van der Waals surface area contributed by atoms with E-state index < -0.39 is 0 Å². The van der Waals surface area contributed by atoms with Crippen LogP contribution in [0.1, 0.15) is 17.5 Å². The second-order valence-corrected chi connectivity index (χ2v) is 4.39. The van der Waals surface area contributed by atoms with Gasteiger partial charge in [0.2, 0.25) is 5.91 Å². The lowest BCUT2D eigenvalue weighted by atomic mass is 10.1. The van der Waals surface area contributed by atoms with Gasteiger partial charge in [0.1, 0.15) is 5.82 Å². The van der Waals surface area contributed by atoms with E-state index in [0.29, 0.717) is 17.7 Å². The maximum atomic E-state index is 13.4. The number of hydrogen-bond acceptors (Lipinski definition) is 2. The molecule has 3 nitrogen and oxygen atoms in total. The summed E-state index contributed by atoms with van der Waals surface area (Å²) < 4.78 is 13.4. The average Bonchev–Trinajstić information content (AvgIpc) is 2.38. The molecule has 0 fully saturated rings. The quantitative estimate of drug-likeness (QED) is 0.915. The first-order valence-electron chi connectivity index (χ1n) is 6.10. The van der Waals surface area contributed by atoms with Crippen LogP contribution in [0.15, 0.2) is 42.7 Å². The van der Waals surface area contributed by atoms with Gasteiger partial charge in [-0.25, -0.2) is 4.39 Å². The SMILES string of the molecule is Cc1cncc(NC(=O)CCc2ccccc2F)c1. The summed E-state index contributed by atoms with van der Waals surface area (Å²) in [6.45, 7) is 1.90. The van der Waals surface area contributed by atoms with E-state index in [2.05, 4.69) is 10.3 Å². The predicted molar refractivity (Wildman–Crippen MR) is 72.3 cm³/mol. The van der Waals surface area contributed by atoms with Crippen molar-refractivity contribution in [1.82, 2.24) is 4.98 Å². The van der Waals surface area contributed by atoms with Crippen molar-refractivity contribution in [3.05, 3.63) is 59.7 Å². The third-order valence-corrected chi connectivity index (χ3v) is 2.74. The van der Waals surface area contributed by atoms with Crippen molar-refractivity contribution in [3.8, 4) is 0 Å². The maximum absolute atomic E-state index is 13.4. The number of nitrogens with zero attached hydrogens (tertiary/aromatic N) is 1. The van der Waals surface area contributed by atoms with E-state index in [1.54, 1.807) is 30.6 Å². The summed E-state index contributed by atoms with van der Waals surface area (Å²) in [5.74, 6) is -0.414. The Bertz CT molecular complexity index is 584. The van der Waals surface area contributed by atoms with Crippen molar-refractivity contribution in [1.29, 1.82) is 0 Å². The van der Waals surface area contributed by atoms with E-state index in [9.17, 15) is 9.18 Å². The minimum absolute atomic E-state index is 0.143. The fourth-order valence-electron chi connectivity index (χ4n) is 1.80. The monoisotopic (exact) mass is 258 g/mol. The van der Waals surface area contributed by atoms with Gasteiger partial charge in [-0.2, -0.15) is 0 Å². The van der Waals surface area contributed by atoms with Crippen LogP contribution >= 0.6 is 0 Å². The van der Waals surface area contributed by atoms with Gasteiger partial charge in [-0.1, -0.05) is 18.2 Å². The fourth-order valence-corrected chi connectivity index (χ4v) is 1.80. The molecule has 0 bridgehead atoms. The number of benzene rings is 1. The molecular weight excluding hydrogens is 243 g/mol. The van der Waals surface area contributed by atoms with Gasteiger partial charge in [0.15, 0.2) is 0 Å². The van der Waals surface area contributed by atoms with E-state index in [-0.39, 0.29) is 18.1 Å². The second kappa shape index (κ2) is 6.09. The Morgan fingerprint density at radius 1 is 1.32 bits per heavy atom. The zero-order valence-corrected chi connectivity index (χ0v) is 10.7. The average molecular weight is 258 g/mol. The van der Waals surface area contributed by atoms with Crippen LogP contribution in [-0.4, -0.2) is 10.9 Å². The standard InChI is InChI=1S/C15H15FN2O/c1-11-8-13(10-17-9-11)18-15(19)7-6-12-4-2-3-5-14(12)16/h2-5,8-10H,6-7H2,1H3,(H,18,19). The smallest absolute Gasteiger partial charge is 0.224 e. The number of hydrogen-bond donors (Lipinski definition) is 1. The topological polar surface area (TPSA) is 42.0 Å². The van der Waals surface area contributed by atoms with Gasteiger partial charge < -0.3 is 5.32 Å². The van der Waals surface area contributed by atoms with Crippen molar-refractivity contribution >= 4 is 11.6 Å². The van der Waals surface area contributed by atoms with Gasteiger partial charge >= 0.3 is 0 Å². The number of aryl methyl sites for hydroxylation is 2. The molecule has 0 aliphatic rings. The first-order chi connectivity index (χ1) is 9.15. The summed E-state index contributed by atoms with van der Waals surface area (Å²) in [6.07, 6.45) is 3.94. The highest BCUT2D eigenvalue weighted by Gasteiger charge is 2.06. The number of rotatable bonds is 4. The summed E-state index contributed by atoms with van der Waals surface area (Å²) in [4.78, 5) is 15.7. The first kappa shape index (κ1) is 13.2. The lowest BCUT2D eigenvalue weighted by Gasteiger charge is -2.06. The molecule has 0 saturated carbocycles. The van der Waals surface area contributed by atoms with Crippen LogP contribution in [0.5, 0.6) is 0 Å². The number of nitrogens with one attached hydrogen (secondary N) is 1. The molecule has 0 radical (unpaired) electrons. The van der Waals surface area contributed by atoms with Crippen molar-refractivity contribution in [2.24, 2.45) is 0 Å². The van der Waals surface area contributed by atoms with E-state index in [0.717, 1.165) is 5.56 Å². The zero-order chi connectivity index (χ0) is 13.7. The number of anilines is 1. The van der Waals surface area contributed by atoms with Gasteiger partial charge in [-0.05, 0) is 36.6 Å². The van der Waals surface area contributed by atoms with Crippen LogP contribution in [0, 0.1) is 12.7 Å². The molecule has 0 atom stereocenters. The number of amides is 1. The number of pyridine rings is 1. The lowest BCUT2D eigenvalue weighted by molar-refractivity contribution is -0.116. The molecule has 1 aromatic carbocycles. The van der Waals surface area contributed by atoms with E-state index in [1.165, 1.54) is 6.07 Å². The highest BCUT2D eigenvalue weighted by molar-refractivity contribution is 5.90. The fraction of sp³-hybridized carbons (Fsp3) is 0.200. The molecule has 4 heteroatoms. The van der Waals surface area contributed by atoms with Crippen molar-refractivity contribution in [2.45, 2.75) is 19.8 Å². The van der Waals surface area contributed by atoms with Gasteiger partial charge in [-0.3, -0.25) is 9.78 Å². The first-order valence-corrected chi connectivity index (χ1v) is 6.10. The minimum Gasteiger partial charge on any atom is -0.325 e. The summed E-state index contributed by atoms with van der Waals surface area (Å²) in [6, 6.07) is 8.33. The molecule has 0 saturated heterocycles. The largest absolute Gasteiger partial charge is 0.325 e. The lowest BCUT2D eigenvalue weighted by Crippen LogP contribution is -2.13. The van der Waals surface area contributed by atoms with Gasteiger partial charge in [0.05, 0.1) is 11.9 Å². The molecule has 0 unspecified atom stereocenters. The molecule has 19 heavy (non-hydrogen) atoms. The van der Waals surface area contributed by atoms with E-state index in [1.807, 2.05) is 13.0 Å². The maximum Gasteiger partial charge on any atom is 0.224 e. The Kier molecular flexibility index (Phi) is 4.23. The van der Waals surface area contributed by atoms with Crippen LogP contribution in [0.3, 0.4) is 0 Å². The normalized spacial score (nSPS) is 10.2. The van der Waals surface area contributed by atoms with Crippen LogP contribution in [0.4, 0.5) is 10.1 Å². The third kappa shape index (κ3) is 3.88. The molecule has 0 aliphatic carbocycles. The molecule has 2 rings (SSSR count). The third-order valence-electron chi connectivity index (χ3n) is 2.74. The Morgan fingerprint density at radius 2 is 2.11 bits per heavy atom. The molecule has 98 valence electrons. The molecule has 1 aromatic heterocycles. The molecule has 0 aliphatic heterocycles. The van der Waals surface area contributed by atoms with E-state index >= 15 is 0 Å². The molecular formula is C15H15FN2O.